The molecule has 0 radical (unpaired) electrons. The Hall–Kier alpha value is -0.120. The third-order valence-corrected chi connectivity index (χ3v) is 3.46. The fourth-order valence-corrected chi connectivity index (χ4v) is 2.45. The van der Waals surface area contributed by atoms with Crippen LogP contribution in [0.25, 0.3) is 0 Å². The zero-order valence-electron chi connectivity index (χ0n) is 10.7. The Morgan fingerprint density at radius 3 is 2.44 bits per heavy atom. The molecule has 0 aromatic carbocycles. The third kappa shape index (κ3) is 5.83. The van der Waals surface area contributed by atoms with E-state index in [1.54, 1.807) is 0 Å². The highest BCUT2D eigenvalue weighted by Gasteiger charge is 2.17. The molecule has 0 amide bonds. The molecule has 0 bridgehead atoms. The molecule has 1 saturated heterocycles. The lowest BCUT2D eigenvalue weighted by Gasteiger charge is -2.32. The molecule has 1 heterocycles. The topological polar surface area (TPSA) is 35.5 Å². The van der Waals surface area contributed by atoms with Crippen LogP contribution >= 0.6 is 0 Å². The van der Waals surface area contributed by atoms with Gasteiger partial charge in [0.05, 0.1) is 0 Å². The molecular weight excluding hydrogens is 200 g/mol. The van der Waals surface area contributed by atoms with E-state index in [-0.39, 0.29) is 0 Å². The van der Waals surface area contributed by atoms with Crippen molar-refractivity contribution in [2.75, 3.05) is 32.8 Å². The van der Waals surface area contributed by atoms with Crippen molar-refractivity contribution < 1.29 is 5.11 Å². The van der Waals surface area contributed by atoms with E-state index < -0.39 is 0 Å². The van der Waals surface area contributed by atoms with Crippen LogP contribution in [0.3, 0.4) is 0 Å². The first-order chi connectivity index (χ1) is 7.86. The minimum Gasteiger partial charge on any atom is -0.396 e. The molecule has 3 nitrogen and oxygen atoms in total. The number of likely N-dealkylation sites (tertiary alicyclic amines) is 1. The molecule has 0 saturated carbocycles. The molecule has 0 unspecified atom stereocenters. The van der Waals surface area contributed by atoms with Crippen LogP contribution in [0, 0.1) is 0 Å². The van der Waals surface area contributed by atoms with Gasteiger partial charge in [0.1, 0.15) is 0 Å². The van der Waals surface area contributed by atoms with E-state index in [1.165, 1.54) is 51.7 Å². The molecule has 0 spiro atoms. The number of hydrogen-bond acceptors (Lipinski definition) is 3. The van der Waals surface area contributed by atoms with Gasteiger partial charge in [0, 0.05) is 12.6 Å². The van der Waals surface area contributed by atoms with Gasteiger partial charge in [-0.05, 0) is 51.9 Å². The maximum atomic E-state index is 8.68. The van der Waals surface area contributed by atoms with Gasteiger partial charge in [-0.3, -0.25) is 0 Å². The molecule has 0 atom stereocenters. The minimum absolute atomic E-state index is 0.355. The van der Waals surface area contributed by atoms with E-state index in [2.05, 4.69) is 17.1 Å². The minimum atomic E-state index is 0.355. The van der Waals surface area contributed by atoms with E-state index in [9.17, 15) is 0 Å². The summed E-state index contributed by atoms with van der Waals surface area (Å²) in [4.78, 5) is 2.59. The number of piperidine rings is 1. The lowest BCUT2D eigenvalue weighted by atomic mass is 10.0. The van der Waals surface area contributed by atoms with Crippen LogP contribution in [-0.2, 0) is 0 Å². The van der Waals surface area contributed by atoms with Gasteiger partial charge in [-0.15, -0.1) is 0 Å². The largest absolute Gasteiger partial charge is 0.396 e. The highest BCUT2D eigenvalue weighted by molar-refractivity contribution is 4.76. The zero-order valence-corrected chi connectivity index (χ0v) is 10.7. The van der Waals surface area contributed by atoms with E-state index in [1.807, 2.05) is 0 Å². The molecular formula is C13H28N2O. The Kier molecular flexibility index (Phi) is 7.81. The van der Waals surface area contributed by atoms with E-state index in [0.29, 0.717) is 6.61 Å². The van der Waals surface area contributed by atoms with Gasteiger partial charge < -0.3 is 15.3 Å². The van der Waals surface area contributed by atoms with Crippen molar-refractivity contribution in [3.63, 3.8) is 0 Å². The zero-order chi connectivity index (χ0) is 11.6. The van der Waals surface area contributed by atoms with E-state index in [0.717, 1.165) is 19.0 Å². The standard InChI is InChI=1S/C13H28N2O/c1-2-14-13-7-10-15(11-8-13)9-5-3-4-6-12-16/h13-14,16H,2-12H2,1H3. The Balaban J connectivity index is 1.95. The number of aliphatic hydroxyl groups is 1. The quantitative estimate of drug-likeness (QED) is 0.620. The fourth-order valence-electron chi connectivity index (χ4n) is 2.45. The first-order valence-electron chi connectivity index (χ1n) is 6.93. The van der Waals surface area contributed by atoms with Gasteiger partial charge in [0.2, 0.25) is 0 Å². The van der Waals surface area contributed by atoms with Crippen LogP contribution in [-0.4, -0.2) is 48.8 Å². The summed E-state index contributed by atoms with van der Waals surface area (Å²) in [6.07, 6.45) is 7.35. The summed E-state index contributed by atoms with van der Waals surface area (Å²) in [5.74, 6) is 0. The summed E-state index contributed by atoms with van der Waals surface area (Å²) in [5.41, 5.74) is 0. The second-order valence-electron chi connectivity index (χ2n) is 4.81. The lowest BCUT2D eigenvalue weighted by molar-refractivity contribution is 0.194. The predicted octanol–water partition coefficient (Wildman–Crippen LogP) is 1.61. The van der Waals surface area contributed by atoms with E-state index >= 15 is 0 Å². The third-order valence-electron chi connectivity index (χ3n) is 3.46. The van der Waals surface area contributed by atoms with Crippen molar-refractivity contribution in [1.82, 2.24) is 10.2 Å². The summed E-state index contributed by atoms with van der Waals surface area (Å²) in [7, 11) is 0. The molecule has 2 N–H and O–H groups in total. The van der Waals surface area contributed by atoms with Gasteiger partial charge in [-0.1, -0.05) is 19.8 Å². The molecule has 1 fully saturated rings. The lowest BCUT2D eigenvalue weighted by Crippen LogP contribution is -2.42. The first-order valence-corrected chi connectivity index (χ1v) is 6.93. The van der Waals surface area contributed by atoms with Crippen LogP contribution < -0.4 is 5.32 Å². The van der Waals surface area contributed by atoms with Gasteiger partial charge in [-0.25, -0.2) is 0 Å². The summed E-state index contributed by atoms with van der Waals surface area (Å²) in [6.45, 7) is 7.42. The van der Waals surface area contributed by atoms with Gasteiger partial charge in [0.15, 0.2) is 0 Å². The molecule has 1 rings (SSSR count). The first kappa shape index (κ1) is 13.9. The van der Waals surface area contributed by atoms with Gasteiger partial charge in [0.25, 0.3) is 0 Å². The average Bonchev–Trinajstić information content (AvgIpc) is 2.31. The highest BCUT2D eigenvalue weighted by Crippen LogP contribution is 2.11. The molecule has 96 valence electrons. The second-order valence-corrected chi connectivity index (χ2v) is 4.81. The van der Waals surface area contributed by atoms with Crippen LogP contribution in [0.15, 0.2) is 0 Å². The van der Waals surface area contributed by atoms with Crippen molar-refractivity contribution >= 4 is 0 Å². The Labute approximate surface area is 100 Å². The smallest absolute Gasteiger partial charge is 0.0431 e. The maximum Gasteiger partial charge on any atom is 0.0431 e. The monoisotopic (exact) mass is 228 g/mol. The molecule has 3 heteroatoms. The van der Waals surface area contributed by atoms with E-state index in [4.69, 9.17) is 5.11 Å². The molecule has 0 aromatic heterocycles. The molecule has 16 heavy (non-hydrogen) atoms. The number of hydrogen-bond donors (Lipinski definition) is 2. The number of nitrogens with one attached hydrogen (secondary N) is 1. The van der Waals surface area contributed by atoms with Gasteiger partial charge in [-0.2, -0.15) is 0 Å². The summed E-state index contributed by atoms with van der Waals surface area (Å²) in [5, 5.41) is 12.2. The van der Waals surface area contributed by atoms with Crippen LogP contribution in [0.4, 0.5) is 0 Å². The van der Waals surface area contributed by atoms with Crippen LogP contribution in [0.2, 0.25) is 0 Å². The highest BCUT2D eigenvalue weighted by atomic mass is 16.2. The van der Waals surface area contributed by atoms with Gasteiger partial charge >= 0.3 is 0 Å². The molecule has 1 aliphatic rings. The van der Waals surface area contributed by atoms with Crippen LogP contribution in [0.1, 0.15) is 45.4 Å². The number of unbranched alkanes of at least 4 members (excludes halogenated alkanes) is 3. The SMILES string of the molecule is CCNC1CCN(CCCCCCO)CC1. The van der Waals surface area contributed by atoms with Crippen molar-refractivity contribution in [3.8, 4) is 0 Å². The number of aliphatic hydroxyl groups excluding tert-OH is 1. The maximum absolute atomic E-state index is 8.68. The number of rotatable bonds is 8. The Bertz CT molecular complexity index is 156. The van der Waals surface area contributed by atoms with Crippen LogP contribution in [0.5, 0.6) is 0 Å². The molecule has 0 aliphatic carbocycles. The molecule has 1 aliphatic heterocycles. The molecule has 0 aromatic rings. The van der Waals surface area contributed by atoms with Crippen molar-refractivity contribution in [2.45, 2.75) is 51.5 Å². The summed E-state index contributed by atoms with van der Waals surface area (Å²) >= 11 is 0. The Morgan fingerprint density at radius 2 is 1.81 bits per heavy atom. The Morgan fingerprint density at radius 1 is 1.12 bits per heavy atom. The van der Waals surface area contributed by atoms with Crippen molar-refractivity contribution in [1.29, 1.82) is 0 Å². The predicted molar refractivity (Wildman–Crippen MR) is 68.7 cm³/mol. The van der Waals surface area contributed by atoms with Crippen molar-refractivity contribution in [2.24, 2.45) is 0 Å². The fraction of sp³-hybridized carbons (Fsp3) is 1.00. The second kappa shape index (κ2) is 8.97. The number of nitrogens with zero attached hydrogens (tertiary/aromatic N) is 1. The normalized spacial score (nSPS) is 19.1. The average molecular weight is 228 g/mol. The van der Waals surface area contributed by atoms with Crippen molar-refractivity contribution in [3.05, 3.63) is 0 Å². The summed E-state index contributed by atoms with van der Waals surface area (Å²) < 4.78 is 0. The summed E-state index contributed by atoms with van der Waals surface area (Å²) in [6, 6.07) is 0.760.